The second-order valence-corrected chi connectivity index (χ2v) is 6.15. The van der Waals surface area contributed by atoms with E-state index in [0.29, 0.717) is 25.3 Å². The quantitative estimate of drug-likeness (QED) is 0.756. The summed E-state index contributed by atoms with van der Waals surface area (Å²) in [7, 11) is 0. The summed E-state index contributed by atoms with van der Waals surface area (Å²) >= 11 is 9.31. The number of nitrogens with zero attached hydrogens (tertiary/aromatic N) is 2. The highest BCUT2D eigenvalue weighted by molar-refractivity contribution is 9.10. The number of nitrogens with one attached hydrogen (secondary N) is 1. The van der Waals surface area contributed by atoms with Gasteiger partial charge in [-0.25, -0.2) is 4.98 Å². The number of aromatic nitrogens is 2. The molecule has 0 saturated carbocycles. The van der Waals surface area contributed by atoms with E-state index in [1.165, 1.54) is 0 Å². The van der Waals surface area contributed by atoms with Crippen molar-refractivity contribution >= 4 is 44.5 Å². The zero-order valence-electron chi connectivity index (χ0n) is 12.0. The van der Waals surface area contributed by atoms with E-state index in [9.17, 15) is 4.79 Å². The maximum atomic E-state index is 11.8. The van der Waals surface area contributed by atoms with E-state index in [1.54, 1.807) is 0 Å². The normalized spacial score (nSPS) is 11.0. The molecule has 0 radical (unpaired) electrons. The lowest BCUT2D eigenvalue weighted by molar-refractivity contribution is -0.121. The van der Waals surface area contributed by atoms with Crippen LogP contribution < -0.4 is 5.32 Å². The highest BCUT2D eigenvalue weighted by Gasteiger charge is 2.12. The summed E-state index contributed by atoms with van der Waals surface area (Å²) in [4.78, 5) is 16.4. The molecule has 0 bridgehead atoms. The fourth-order valence-electron chi connectivity index (χ4n) is 2.24. The van der Waals surface area contributed by atoms with Gasteiger partial charge in [0.2, 0.25) is 5.91 Å². The van der Waals surface area contributed by atoms with Crippen LogP contribution in [0, 0.1) is 0 Å². The van der Waals surface area contributed by atoms with Gasteiger partial charge in [0.25, 0.3) is 0 Å². The van der Waals surface area contributed by atoms with Crippen molar-refractivity contribution in [2.45, 2.75) is 32.7 Å². The van der Waals surface area contributed by atoms with E-state index in [2.05, 4.69) is 30.8 Å². The zero-order chi connectivity index (χ0) is 15.2. The highest BCUT2D eigenvalue weighted by atomic mass is 79.9. The van der Waals surface area contributed by atoms with Crippen LogP contribution in [0.15, 0.2) is 22.7 Å². The smallest absolute Gasteiger partial charge is 0.221 e. The van der Waals surface area contributed by atoms with Crippen molar-refractivity contribution in [3.05, 3.63) is 28.5 Å². The second-order valence-electron chi connectivity index (χ2n) is 4.85. The molecule has 1 amide bonds. The van der Waals surface area contributed by atoms with Crippen molar-refractivity contribution in [1.82, 2.24) is 14.9 Å². The fraction of sp³-hybridized carbons (Fsp3) is 0.467. The lowest BCUT2D eigenvalue weighted by atomic mass is 10.3. The Labute approximate surface area is 138 Å². The van der Waals surface area contributed by atoms with Gasteiger partial charge in [0.05, 0.1) is 11.0 Å². The van der Waals surface area contributed by atoms with Crippen LogP contribution in [0.5, 0.6) is 0 Å². The average molecular weight is 373 g/mol. The first-order chi connectivity index (χ1) is 10.2. The highest BCUT2D eigenvalue weighted by Crippen LogP contribution is 2.21. The third-order valence-corrected chi connectivity index (χ3v) is 3.92. The van der Waals surface area contributed by atoms with Gasteiger partial charge in [-0.1, -0.05) is 22.9 Å². The summed E-state index contributed by atoms with van der Waals surface area (Å²) in [5.74, 6) is 1.53. The van der Waals surface area contributed by atoms with Gasteiger partial charge in [0.1, 0.15) is 5.82 Å². The first kappa shape index (κ1) is 16.3. The van der Waals surface area contributed by atoms with Crippen molar-refractivity contribution in [2.75, 3.05) is 12.4 Å². The summed E-state index contributed by atoms with van der Waals surface area (Å²) < 4.78 is 3.09. The van der Waals surface area contributed by atoms with Gasteiger partial charge < -0.3 is 9.88 Å². The lowest BCUT2D eigenvalue weighted by Crippen LogP contribution is -2.25. The minimum absolute atomic E-state index is 0.0765. The SMILES string of the molecule is CCCNC(=O)CCn1c(CCCl)nc2cc(Br)ccc21. The molecule has 6 heteroatoms. The van der Waals surface area contributed by atoms with Crippen LogP contribution >= 0.6 is 27.5 Å². The maximum absolute atomic E-state index is 11.8. The summed E-state index contributed by atoms with van der Waals surface area (Å²) in [6, 6.07) is 6.00. The van der Waals surface area contributed by atoms with Gasteiger partial charge in [-0.15, -0.1) is 11.6 Å². The molecular formula is C15H19BrClN3O. The predicted molar refractivity (Wildman–Crippen MR) is 89.8 cm³/mol. The Morgan fingerprint density at radius 2 is 2.29 bits per heavy atom. The topological polar surface area (TPSA) is 46.9 Å². The summed E-state index contributed by atoms with van der Waals surface area (Å²) in [6.45, 7) is 3.39. The van der Waals surface area contributed by atoms with Crippen molar-refractivity contribution in [2.24, 2.45) is 0 Å². The van der Waals surface area contributed by atoms with E-state index in [1.807, 2.05) is 25.1 Å². The third kappa shape index (κ3) is 4.20. The molecule has 0 unspecified atom stereocenters. The molecule has 4 nitrogen and oxygen atoms in total. The van der Waals surface area contributed by atoms with Crippen molar-refractivity contribution in [1.29, 1.82) is 0 Å². The number of hydrogen-bond donors (Lipinski definition) is 1. The number of alkyl halides is 1. The first-order valence-electron chi connectivity index (χ1n) is 7.13. The molecule has 2 aromatic rings. The summed E-state index contributed by atoms with van der Waals surface area (Å²) in [6.07, 6.45) is 2.10. The second kappa shape index (κ2) is 7.80. The van der Waals surface area contributed by atoms with E-state index in [0.717, 1.165) is 34.3 Å². The largest absolute Gasteiger partial charge is 0.356 e. The lowest BCUT2D eigenvalue weighted by Gasteiger charge is -2.09. The van der Waals surface area contributed by atoms with E-state index in [-0.39, 0.29) is 5.91 Å². The number of imidazole rings is 1. The average Bonchev–Trinajstić information content (AvgIpc) is 2.79. The van der Waals surface area contributed by atoms with Crippen LogP contribution in [0.1, 0.15) is 25.6 Å². The fourth-order valence-corrected chi connectivity index (χ4v) is 2.76. The number of aryl methyl sites for hydroxylation is 2. The first-order valence-corrected chi connectivity index (χ1v) is 8.45. The molecule has 1 N–H and O–H groups in total. The Balaban J connectivity index is 2.20. The van der Waals surface area contributed by atoms with Crippen molar-refractivity contribution in [3.63, 3.8) is 0 Å². The van der Waals surface area contributed by atoms with Gasteiger partial charge in [0.15, 0.2) is 0 Å². The maximum Gasteiger partial charge on any atom is 0.221 e. The Morgan fingerprint density at radius 1 is 1.48 bits per heavy atom. The molecule has 0 spiro atoms. The number of rotatable bonds is 7. The monoisotopic (exact) mass is 371 g/mol. The van der Waals surface area contributed by atoms with Crippen LogP contribution in [-0.4, -0.2) is 27.9 Å². The molecule has 0 aliphatic heterocycles. The number of fused-ring (bicyclic) bond motifs is 1. The molecule has 0 aliphatic carbocycles. The summed E-state index contributed by atoms with van der Waals surface area (Å²) in [5.41, 5.74) is 1.97. The molecule has 0 saturated heterocycles. The molecule has 0 fully saturated rings. The molecule has 1 aromatic heterocycles. The molecule has 0 atom stereocenters. The van der Waals surface area contributed by atoms with Crippen LogP contribution in [0.3, 0.4) is 0 Å². The van der Waals surface area contributed by atoms with E-state index >= 15 is 0 Å². The Bertz CT molecular complexity index is 627. The van der Waals surface area contributed by atoms with Gasteiger partial charge in [0, 0.05) is 36.3 Å². The molecular weight excluding hydrogens is 354 g/mol. The van der Waals surface area contributed by atoms with Crippen molar-refractivity contribution < 1.29 is 4.79 Å². The number of carbonyl (C=O) groups is 1. The number of amides is 1. The van der Waals surface area contributed by atoms with Gasteiger partial charge >= 0.3 is 0 Å². The molecule has 0 aliphatic rings. The van der Waals surface area contributed by atoms with Crippen LogP contribution in [0.2, 0.25) is 0 Å². The molecule has 1 heterocycles. The molecule has 21 heavy (non-hydrogen) atoms. The molecule has 1 aromatic carbocycles. The standard InChI is InChI=1S/C15H19BrClN3O/c1-2-8-18-15(21)6-9-20-13-4-3-11(16)10-12(13)19-14(20)5-7-17/h3-4,10H,2,5-9H2,1H3,(H,18,21). The Morgan fingerprint density at radius 3 is 3.00 bits per heavy atom. The number of hydrogen-bond acceptors (Lipinski definition) is 2. The zero-order valence-corrected chi connectivity index (χ0v) is 14.4. The number of benzene rings is 1. The van der Waals surface area contributed by atoms with Gasteiger partial charge in [-0.3, -0.25) is 4.79 Å². The summed E-state index contributed by atoms with van der Waals surface area (Å²) in [5, 5.41) is 2.90. The van der Waals surface area contributed by atoms with Crippen LogP contribution in [0.25, 0.3) is 11.0 Å². The van der Waals surface area contributed by atoms with Gasteiger partial charge in [-0.05, 0) is 24.6 Å². The van der Waals surface area contributed by atoms with Gasteiger partial charge in [-0.2, -0.15) is 0 Å². The van der Waals surface area contributed by atoms with Crippen LogP contribution in [0.4, 0.5) is 0 Å². The number of carbonyl (C=O) groups excluding carboxylic acids is 1. The Kier molecular flexibility index (Phi) is 6.06. The Hall–Kier alpha value is -1.07. The third-order valence-electron chi connectivity index (χ3n) is 3.24. The van der Waals surface area contributed by atoms with E-state index < -0.39 is 0 Å². The molecule has 2 rings (SSSR count). The van der Waals surface area contributed by atoms with Crippen molar-refractivity contribution in [3.8, 4) is 0 Å². The van der Waals surface area contributed by atoms with Crippen LogP contribution in [-0.2, 0) is 17.8 Å². The molecule has 114 valence electrons. The minimum atomic E-state index is 0.0765. The minimum Gasteiger partial charge on any atom is -0.356 e. The van der Waals surface area contributed by atoms with E-state index in [4.69, 9.17) is 11.6 Å². The number of halogens is 2. The predicted octanol–water partition coefficient (Wildman–Crippen LogP) is 3.50.